The summed E-state index contributed by atoms with van der Waals surface area (Å²) in [5.74, 6) is 0.316. The lowest BCUT2D eigenvalue weighted by Gasteiger charge is -2.16. The standard InChI is InChI=1S/C20H21N5OS/c26-18(21-15-20(11-12-20)17-9-5-2-6-10-17)14-27-19-22-23-24-25(19)13-16-7-3-1-4-8-16/h1-10H,11-15H2,(H,21,26). The van der Waals surface area contributed by atoms with Gasteiger partial charge in [-0.1, -0.05) is 72.4 Å². The molecule has 0 unspecified atom stereocenters. The maximum atomic E-state index is 12.3. The number of carbonyl (C=O) groups excluding carboxylic acids is 1. The number of hydrogen-bond donors (Lipinski definition) is 1. The Morgan fingerprint density at radius 2 is 1.78 bits per heavy atom. The second-order valence-corrected chi connectivity index (χ2v) is 7.76. The molecular weight excluding hydrogens is 358 g/mol. The summed E-state index contributed by atoms with van der Waals surface area (Å²) in [6.45, 7) is 1.28. The van der Waals surface area contributed by atoms with Crippen LogP contribution in [-0.4, -0.2) is 38.4 Å². The average molecular weight is 379 g/mol. The van der Waals surface area contributed by atoms with E-state index in [1.807, 2.05) is 36.4 Å². The molecule has 0 saturated heterocycles. The van der Waals surface area contributed by atoms with E-state index in [1.165, 1.54) is 17.3 Å². The molecule has 1 amide bonds. The van der Waals surface area contributed by atoms with E-state index in [4.69, 9.17) is 0 Å². The van der Waals surface area contributed by atoms with Crippen LogP contribution in [0.5, 0.6) is 0 Å². The number of thioether (sulfide) groups is 1. The molecule has 0 atom stereocenters. The first-order valence-corrected chi connectivity index (χ1v) is 9.99. The Balaban J connectivity index is 1.29. The monoisotopic (exact) mass is 379 g/mol. The van der Waals surface area contributed by atoms with Crippen molar-refractivity contribution in [1.82, 2.24) is 25.5 Å². The Hall–Kier alpha value is -2.67. The van der Waals surface area contributed by atoms with Crippen LogP contribution in [0, 0.1) is 0 Å². The van der Waals surface area contributed by atoms with E-state index >= 15 is 0 Å². The predicted molar refractivity (Wildman–Crippen MR) is 104 cm³/mol. The molecule has 1 aliphatic rings. The highest BCUT2D eigenvalue weighted by Crippen LogP contribution is 2.47. The van der Waals surface area contributed by atoms with E-state index < -0.39 is 0 Å². The Bertz CT molecular complexity index is 893. The molecule has 0 bridgehead atoms. The topological polar surface area (TPSA) is 72.7 Å². The first-order chi connectivity index (χ1) is 13.3. The highest BCUT2D eigenvalue weighted by Gasteiger charge is 2.44. The van der Waals surface area contributed by atoms with E-state index in [0.717, 1.165) is 18.4 Å². The van der Waals surface area contributed by atoms with Crippen LogP contribution in [0.25, 0.3) is 0 Å². The molecule has 1 fully saturated rings. The minimum atomic E-state index is 0.0106. The molecule has 0 aliphatic heterocycles. The molecule has 7 heteroatoms. The van der Waals surface area contributed by atoms with Crippen molar-refractivity contribution in [3.63, 3.8) is 0 Å². The Labute approximate surface area is 162 Å². The average Bonchev–Trinajstić information content (AvgIpc) is 3.39. The van der Waals surface area contributed by atoms with Gasteiger partial charge in [-0.15, -0.1) is 5.10 Å². The summed E-state index contributed by atoms with van der Waals surface area (Å²) >= 11 is 1.36. The highest BCUT2D eigenvalue weighted by atomic mass is 32.2. The predicted octanol–water partition coefficient (Wildman–Crippen LogP) is 2.66. The lowest BCUT2D eigenvalue weighted by atomic mass is 9.96. The third-order valence-corrected chi connectivity index (χ3v) is 5.83. The molecular formula is C20H21N5OS. The molecule has 4 rings (SSSR count). The fraction of sp³-hybridized carbons (Fsp3) is 0.300. The lowest BCUT2D eigenvalue weighted by Crippen LogP contribution is -2.33. The third-order valence-electron chi connectivity index (χ3n) is 4.87. The lowest BCUT2D eigenvalue weighted by molar-refractivity contribution is -0.118. The number of benzene rings is 2. The zero-order valence-corrected chi connectivity index (χ0v) is 15.7. The zero-order chi connectivity index (χ0) is 18.5. The van der Waals surface area contributed by atoms with Crippen LogP contribution in [0.2, 0.25) is 0 Å². The van der Waals surface area contributed by atoms with Crippen LogP contribution in [-0.2, 0) is 16.8 Å². The van der Waals surface area contributed by atoms with Crippen molar-refractivity contribution >= 4 is 17.7 Å². The summed E-state index contributed by atoms with van der Waals surface area (Å²) in [6.07, 6.45) is 2.25. The van der Waals surface area contributed by atoms with Crippen LogP contribution in [0.3, 0.4) is 0 Å². The number of tetrazole rings is 1. The molecule has 1 aliphatic carbocycles. The summed E-state index contributed by atoms with van der Waals surface area (Å²) < 4.78 is 1.72. The van der Waals surface area contributed by atoms with E-state index in [2.05, 4.69) is 45.1 Å². The number of hydrogen-bond acceptors (Lipinski definition) is 5. The summed E-state index contributed by atoms with van der Waals surface area (Å²) in [4.78, 5) is 12.3. The quantitative estimate of drug-likeness (QED) is 0.609. The fourth-order valence-corrected chi connectivity index (χ4v) is 3.82. The van der Waals surface area contributed by atoms with E-state index in [1.54, 1.807) is 4.68 Å². The maximum absolute atomic E-state index is 12.3. The first-order valence-electron chi connectivity index (χ1n) is 9.00. The largest absolute Gasteiger partial charge is 0.354 e. The molecule has 1 N–H and O–H groups in total. The maximum Gasteiger partial charge on any atom is 0.230 e. The van der Waals surface area contributed by atoms with Gasteiger partial charge in [-0.3, -0.25) is 4.79 Å². The molecule has 0 spiro atoms. The van der Waals surface area contributed by atoms with Crippen molar-refractivity contribution in [2.45, 2.75) is 30.0 Å². The zero-order valence-electron chi connectivity index (χ0n) is 14.9. The van der Waals surface area contributed by atoms with Gasteiger partial charge in [-0.05, 0) is 34.4 Å². The van der Waals surface area contributed by atoms with Gasteiger partial charge in [0.15, 0.2) is 0 Å². The summed E-state index contributed by atoms with van der Waals surface area (Å²) in [5, 5.41) is 15.5. The van der Waals surface area contributed by atoms with Gasteiger partial charge >= 0.3 is 0 Å². The number of nitrogens with zero attached hydrogens (tertiary/aromatic N) is 4. The molecule has 0 radical (unpaired) electrons. The molecule has 27 heavy (non-hydrogen) atoms. The molecule has 6 nitrogen and oxygen atoms in total. The Morgan fingerprint density at radius 1 is 1.07 bits per heavy atom. The normalized spacial score (nSPS) is 14.7. The minimum absolute atomic E-state index is 0.0106. The Morgan fingerprint density at radius 3 is 2.48 bits per heavy atom. The van der Waals surface area contributed by atoms with Crippen LogP contribution in [0.15, 0.2) is 65.8 Å². The summed E-state index contributed by atoms with van der Waals surface area (Å²) in [6, 6.07) is 20.4. The molecule has 1 aromatic heterocycles. The van der Waals surface area contributed by atoms with Crippen LogP contribution in [0.4, 0.5) is 0 Å². The second-order valence-electron chi connectivity index (χ2n) is 6.82. The van der Waals surface area contributed by atoms with Gasteiger partial charge in [0.25, 0.3) is 0 Å². The van der Waals surface area contributed by atoms with Crippen LogP contribution >= 0.6 is 11.8 Å². The van der Waals surface area contributed by atoms with E-state index in [-0.39, 0.29) is 11.3 Å². The number of carbonyl (C=O) groups is 1. The van der Waals surface area contributed by atoms with Gasteiger partial charge in [0.2, 0.25) is 11.1 Å². The van der Waals surface area contributed by atoms with Gasteiger partial charge in [-0.2, -0.15) is 0 Å². The molecule has 2 aromatic carbocycles. The molecule has 1 heterocycles. The molecule has 3 aromatic rings. The van der Waals surface area contributed by atoms with Crippen molar-refractivity contribution in [3.05, 3.63) is 71.8 Å². The van der Waals surface area contributed by atoms with E-state index in [0.29, 0.717) is 24.0 Å². The van der Waals surface area contributed by atoms with Gasteiger partial charge in [0.1, 0.15) is 0 Å². The SMILES string of the molecule is O=C(CSc1nnnn1Cc1ccccc1)NCC1(c2ccccc2)CC1. The summed E-state index contributed by atoms with van der Waals surface area (Å²) in [5.41, 5.74) is 2.55. The smallest absolute Gasteiger partial charge is 0.230 e. The van der Waals surface area contributed by atoms with Crippen molar-refractivity contribution < 1.29 is 4.79 Å². The third kappa shape index (κ3) is 4.36. The van der Waals surface area contributed by atoms with Crippen LogP contribution in [0.1, 0.15) is 24.0 Å². The fourth-order valence-electron chi connectivity index (χ4n) is 3.11. The highest BCUT2D eigenvalue weighted by molar-refractivity contribution is 7.99. The minimum Gasteiger partial charge on any atom is -0.354 e. The first kappa shape index (κ1) is 17.7. The number of rotatable bonds is 8. The van der Waals surface area contributed by atoms with Crippen LogP contribution < -0.4 is 5.32 Å². The van der Waals surface area contributed by atoms with Gasteiger partial charge in [0.05, 0.1) is 12.3 Å². The van der Waals surface area contributed by atoms with Crippen molar-refractivity contribution in [3.8, 4) is 0 Å². The van der Waals surface area contributed by atoms with E-state index in [9.17, 15) is 4.79 Å². The molecule has 138 valence electrons. The van der Waals surface area contributed by atoms with Gasteiger partial charge in [0, 0.05) is 12.0 Å². The Kier molecular flexibility index (Phi) is 5.20. The molecule has 1 saturated carbocycles. The van der Waals surface area contributed by atoms with Crippen molar-refractivity contribution in [1.29, 1.82) is 0 Å². The summed E-state index contributed by atoms with van der Waals surface area (Å²) in [7, 11) is 0. The van der Waals surface area contributed by atoms with Crippen molar-refractivity contribution in [2.24, 2.45) is 0 Å². The van der Waals surface area contributed by atoms with Crippen molar-refractivity contribution in [2.75, 3.05) is 12.3 Å². The van der Waals surface area contributed by atoms with Gasteiger partial charge < -0.3 is 5.32 Å². The second kappa shape index (κ2) is 7.92. The number of nitrogens with one attached hydrogen (secondary N) is 1. The number of amides is 1. The number of aromatic nitrogens is 4. The van der Waals surface area contributed by atoms with Gasteiger partial charge in [-0.25, -0.2) is 4.68 Å².